The summed E-state index contributed by atoms with van der Waals surface area (Å²) in [6.07, 6.45) is 1.24. The molecule has 1 saturated heterocycles. The van der Waals surface area contributed by atoms with Crippen molar-refractivity contribution in [1.29, 1.82) is 0 Å². The largest absolute Gasteiger partial charge is 0.493 e. The summed E-state index contributed by atoms with van der Waals surface area (Å²) in [6, 6.07) is 6.83. The average molecular weight is 254 g/mol. The van der Waals surface area contributed by atoms with Crippen LogP contribution in [0, 0.1) is 5.92 Å². The van der Waals surface area contributed by atoms with Crippen molar-refractivity contribution in [2.45, 2.75) is 12.5 Å². The van der Waals surface area contributed by atoms with Crippen LogP contribution in [0.4, 0.5) is 0 Å². The lowest BCUT2D eigenvalue weighted by Gasteiger charge is -2.28. The molecule has 2 heterocycles. The molecule has 0 saturated carbocycles. The normalized spacial score (nSPS) is 29.2. The van der Waals surface area contributed by atoms with Gasteiger partial charge in [-0.25, -0.2) is 0 Å². The van der Waals surface area contributed by atoms with E-state index in [4.69, 9.17) is 4.74 Å². The zero-order valence-corrected chi connectivity index (χ0v) is 9.38. The van der Waals surface area contributed by atoms with E-state index in [0.717, 1.165) is 23.4 Å². The highest BCUT2D eigenvalue weighted by Gasteiger charge is 2.34. The maximum absolute atomic E-state index is 5.75. The Morgan fingerprint density at radius 1 is 1.43 bits per heavy atom. The number of rotatable bonds is 0. The summed E-state index contributed by atoms with van der Waals surface area (Å²) < 4.78 is 6.84. The molecule has 1 aromatic rings. The van der Waals surface area contributed by atoms with E-state index in [1.54, 1.807) is 0 Å². The molecule has 2 aliphatic heterocycles. The monoisotopic (exact) mass is 253 g/mol. The van der Waals surface area contributed by atoms with Crippen molar-refractivity contribution in [3.8, 4) is 5.75 Å². The molecule has 74 valence electrons. The Morgan fingerprint density at radius 3 is 3.29 bits per heavy atom. The van der Waals surface area contributed by atoms with Crippen molar-refractivity contribution in [2.24, 2.45) is 5.92 Å². The molecule has 0 amide bonds. The van der Waals surface area contributed by atoms with Crippen LogP contribution in [-0.4, -0.2) is 13.2 Å². The van der Waals surface area contributed by atoms with Gasteiger partial charge in [0.25, 0.3) is 0 Å². The predicted molar refractivity (Wildman–Crippen MR) is 58.5 cm³/mol. The van der Waals surface area contributed by atoms with Crippen LogP contribution in [0.15, 0.2) is 22.7 Å². The molecular weight excluding hydrogens is 242 g/mol. The van der Waals surface area contributed by atoms with Crippen LogP contribution < -0.4 is 10.1 Å². The molecule has 0 bridgehead atoms. The summed E-state index contributed by atoms with van der Waals surface area (Å²) in [5, 5.41) is 3.54. The minimum absolute atomic E-state index is 0.520. The van der Waals surface area contributed by atoms with Crippen LogP contribution in [-0.2, 0) is 0 Å². The highest BCUT2D eigenvalue weighted by Crippen LogP contribution is 2.40. The minimum atomic E-state index is 0.520. The number of nitrogens with one attached hydrogen (secondary N) is 1. The molecule has 0 aromatic heterocycles. The molecule has 2 nitrogen and oxygen atoms in total. The zero-order valence-electron chi connectivity index (χ0n) is 7.79. The first-order chi connectivity index (χ1) is 6.84. The molecule has 0 radical (unpaired) electrons. The summed E-state index contributed by atoms with van der Waals surface area (Å²) >= 11 is 3.46. The summed E-state index contributed by atoms with van der Waals surface area (Å²) in [4.78, 5) is 0. The number of hydrogen-bond acceptors (Lipinski definition) is 2. The first kappa shape index (κ1) is 8.74. The Labute approximate surface area is 91.8 Å². The average Bonchev–Trinajstić information content (AvgIpc) is 2.65. The number of benzene rings is 1. The van der Waals surface area contributed by atoms with Crippen LogP contribution in [0.3, 0.4) is 0 Å². The Hall–Kier alpha value is -0.540. The van der Waals surface area contributed by atoms with E-state index in [1.807, 2.05) is 0 Å². The second-order valence-electron chi connectivity index (χ2n) is 3.97. The highest BCUT2D eigenvalue weighted by molar-refractivity contribution is 9.10. The molecule has 0 spiro atoms. The third kappa shape index (κ3) is 1.27. The lowest BCUT2D eigenvalue weighted by Crippen LogP contribution is -2.27. The second-order valence-corrected chi connectivity index (χ2v) is 4.89. The van der Waals surface area contributed by atoms with E-state index >= 15 is 0 Å². The Morgan fingerprint density at radius 2 is 2.36 bits per heavy atom. The lowest BCUT2D eigenvalue weighted by atomic mass is 9.92. The summed E-state index contributed by atoms with van der Waals surface area (Å²) in [5.41, 5.74) is 1.32. The summed E-state index contributed by atoms with van der Waals surface area (Å²) in [6.45, 7) is 1.98. The van der Waals surface area contributed by atoms with Gasteiger partial charge in [-0.1, -0.05) is 22.0 Å². The maximum atomic E-state index is 5.75. The van der Waals surface area contributed by atoms with Crippen molar-refractivity contribution in [2.75, 3.05) is 13.2 Å². The SMILES string of the molecule is Brc1ccc2c(c1)OCC1CCNC21. The predicted octanol–water partition coefficient (Wildman–Crippen LogP) is 2.49. The standard InChI is InChI=1S/C11H12BrNO/c12-8-1-2-9-10(5-8)14-6-7-3-4-13-11(7)9/h1-2,5,7,11,13H,3-4,6H2. The quantitative estimate of drug-likeness (QED) is 0.768. The zero-order chi connectivity index (χ0) is 9.54. The Bertz CT molecular complexity index is 366. The van der Waals surface area contributed by atoms with E-state index in [0.29, 0.717) is 12.0 Å². The van der Waals surface area contributed by atoms with Gasteiger partial charge in [-0.2, -0.15) is 0 Å². The molecule has 0 aliphatic carbocycles. The number of halogens is 1. The van der Waals surface area contributed by atoms with Crippen LogP contribution >= 0.6 is 15.9 Å². The molecule has 2 aliphatic rings. The van der Waals surface area contributed by atoms with Crippen LogP contribution in [0.2, 0.25) is 0 Å². The fourth-order valence-corrected chi connectivity index (χ4v) is 2.73. The first-order valence-corrected chi connectivity index (χ1v) is 5.79. The molecule has 3 rings (SSSR count). The van der Waals surface area contributed by atoms with Gasteiger partial charge in [-0.05, 0) is 25.1 Å². The second kappa shape index (κ2) is 3.24. The third-order valence-corrected chi connectivity index (χ3v) is 3.61. The molecule has 14 heavy (non-hydrogen) atoms. The molecule has 1 fully saturated rings. The summed E-state index contributed by atoms with van der Waals surface area (Å²) in [5.74, 6) is 1.71. The minimum Gasteiger partial charge on any atom is -0.493 e. The van der Waals surface area contributed by atoms with Gasteiger partial charge in [-0.3, -0.25) is 0 Å². The van der Waals surface area contributed by atoms with Gasteiger partial charge >= 0.3 is 0 Å². The van der Waals surface area contributed by atoms with Gasteiger partial charge in [0.2, 0.25) is 0 Å². The van der Waals surface area contributed by atoms with Gasteiger partial charge in [0, 0.05) is 22.0 Å². The Kier molecular flexibility index (Phi) is 2.03. The number of ether oxygens (including phenoxy) is 1. The van der Waals surface area contributed by atoms with E-state index < -0.39 is 0 Å². The lowest BCUT2D eigenvalue weighted by molar-refractivity contribution is 0.205. The Balaban J connectivity index is 2.05. The third-order valence-electron chi connectivity index (χ3n) is 3.11. The molecule has 3 heteroatoms. The van der Waals surface area contributed by atoms with Crippen molar-refractivity contribution in [1.82, 2.24) is 5.32 Å². The highest BCUT2D eigenvalue weighted by atomic mass is 79.9. The molecular formula is C11H12BrNO. The maximum Gasteiger partial charge on any atom is 0.125 e. The van der Waals surface area contributed by atoms with Gasteiger partial charge in [0.05, 0.1) is 6.61 Å². The summed E-state index contributed by atoms with van der Waals surface area (Å²) in [7, 11) is 0. The first-order valence-electron chi connectivity index (χ1n) is 5.00. The topological polar surface area (TPSA) is 21.3 Å². The van der Waals surface area contributed by atoms with E-state index in [2.05, 4.69) is 39.4 Å². The molecule has 1 aromatic carbocycles. The van der Waals surface area contributed by atoms with E-state index in [-0.39, 0.29) is 0 Å². The van der Waals surface area contributed by atoms with Crippen molar-refractivity contribution in [3.05, 3.63) is 28.2 Å². The van der Waals surface area contributed by atoms with Gasteiger partial charge in [-0.15, -0.1) is 0 Å². The van der Waals surface area contributed by atoms with Gasteiger partial charge < -0.3 is 10.1 Å². The fraction of sp³-hybridized carbons (Fsp3) is 0.455. The smallest absolute Gasteiger partial charge is 0.125 e. The van der Waals surface area contributed by atoms with Crippen molar-refractivity contribution in [3.63, 3.8) is 0 Å². The fourth-order valence-electron chi connectivity index (χ4n) is 2.39. The molecule has 1 N–H and O–H groups in total. The van der Waals surface area contributed by atoms with Crippen LogP contribution in [0.25, 0.3) is 0 Å². The van der Waals surface area contributed by atoms with Crippen LogP contribution in [0.5, 0.6) is 5.75 Å². The van der Waals surface area contributed by atoms with E-state index in [9.17, 15) is 0 Å². The number of hydrogen-bond donors (Lipinski definition) is 1. The van der Waals surface area contributed by atoms with Gasteiger partial charge in [0.15, 0.2) is 0 Å². The molecule has 2 atom stereocenters. The van der Waals surface area contributed by atoms with Crippen molar-refractivity contribution < 1.29 is 4.74 Å². The number of fused-ring (bicyclic) bond motifs is 3. The van der Waals surface area contributed by atoms with Crippen LogP contribution in [0.1, 0.15) is 18.0 Å². The van der Waals surface area contributed by atoms with Crippen molar-refractivity contribution >= 4 is 15.9 Å². The van der Waals surface area contributed by atoms with E-state index in [1.165, 1.54) is 12.0 Å². The van der Waals surface area contributed by atoms with Gasteiger partial charge in [0.1, 0.15) is 5.75 Å². The molecule has 2 unspecified atom stereocenters.